The minimum Gasteiger partial charge on any atom is -0.155 e. The summed E-state index contributed by atoms with van der Waals surface area (Å²) in [7, 11) is 0. The first-order chi connectivity index (χ1) is 17.5. The predicted molar refractivity (Wildman–Crippen MR) is 167 cm³/mol. The van der Waals surface area contributed by atoms with Gasteiger partial charge in [-0.2, -0.15) is 10.2 Å². The number of nitrogens with zero attached hydrogens (tertiary/aromatic N) is 2. The van der Waals surface area contributed by atoms with Gasteiger partial charge in [0.05, 0.1) is 11.4 Å². The van der Waals surface area contributed by atoms with Gasteiger partial charge in [-0.05, 0) is 120 Å². The maximum atomic E-state index is 4.87. The van der Waals surface area contributed by atoms with Crippen LogP contribution in [-0.2, 0) is 34.5 Å². The van der Waals surface area contributed by atoms with Gasteiger partial charge in [0.15, 0.2) is 0 Å². The number of aryl methyl sites for hydroxylation is 2. The molecular weight excluding hydrogens is 460 g/mol. The Balaban J connectivity index is 1.79. The van der Waals surface area contributed by atoms with Crippen LogP contribution in [0.3, 0.4) is 0 Å². The van der Waals surface area contributed by atoms with Gasteiger partial charge in [0, 0.05) is 11.1 Å². The van der Waals surface area contributed by atoms with Crippen LogP contribution < -0.4 is 0 Å². The molecule has 0 atom stereocenters. The van der Waals surface area contributed by atoms with Gasteiger partial charge in [0.2, 0.25) is 0 Å². The van der Waals surface area contributed by atoms with Crippen molar-refractivity contribution in [1.29, 1.82) is 0 Å². The van der Waals surface area contributed by atoms with Gasteiger partial charge in [-0.1, -0.05) is 81.4 Å². The van der Waals surface area contributed by atoms with Crippen LogP contribution >= 0.6 is 0 Å². The molecule has 0 heterocycles. The van der Waals surface area contributed by atoms with Crippen LogP contribution in [0.2, 0.25) is 0 Å². The molecule has 0 spiro atoms. The summed E-state index contributed by atoms with van der Waals surface area (Å²) in [6, 6.07) is 9.84. The molecule has 2 nitrogen and oxygen atoms in total. The minimum atomic E-state index is 0.186. The molecule has 0 saturated heterocycles. The van der Waals surface area contributed by atoms with Crippen molar-refractivity contribution in [2.75, 3.05) is 0 Å². The molecule has 0 aliphatic heterocycles. The maximum Gasteiger partial charge on any atom is 0.0674 e. The summed E-state index contributed by atoms with van der Waals surface area (Å²) in [6.45, 7) is 28.0. The molecule has 2 aliphatic rings. The van der Waals surface area contributed by atoms with Crippen molar-refractivity contribution in [3.05, 3.63) is 68.8 Å². The van der Waals surface area contributed by atoms with Gasteiger partial charge in [-0.25, -0.2) is 0 Å². The van der Waals surface area contributed by atoms with Crippen molar-refractivity contribution >= 4 is 11.4 Å². The van der Waals surface area contributed by atoms with Crippen LogP contribution in [0.4, 0.5) is 0 Å². The molecule has 0 radical (unpaired) electrons. The van der Waals surface area contributed by atoms with E-state index in [0.29, 0.717) is 0 Å². The maximum absolute atomic E-state index is 4.87. The van der Waals surface area contributed by atoms with E-state index < -0.39 is 0 Å². The second kappa shape index (κ2) is 9.76. The molecule has 0 bridgehead atoms. The summed E-state index contributed by atoms with van der Waals surface area (Å²) in [6.07, 6.45) is 6.92. The van der Waals surface area contributed by atoms with E-state index in [-0.39, 0.29) is 21.7 Å². The van der Waals surface area contributed by atoms with Gasteiger partial charge in [-0.15, -0.1) is 0 Å². The number of benzene rings is 2. The quantitative estimate of drug-likeness (QED) is 0.281. The molecule has 0 fully saturated rings. The van der Waals surface area contributed by atoms with Crippen molar-refractivity contribution in [2.24, 2.45) is 10.2 Å². The van der Waals surface area contributed by atoms with Crippen molar-refractivity contribution in [3.63, 3.8) is 0 Å². The highest BCUT2D eigenvalue weighted by Gasteiger charge is 2.39. The average Bonchev–Trinajstić information content (AvgIpc) is 2.86. The number of hydrogen-bond donors (Lipinski definition) is 0. The van der Waals surface area contributed by atoms with Gasteiger partial charge in [0.25, 0.3) is 0 Å². The number of fused-ring (bicyclic) bond motifs is 2. The van der Waals surface area contributed by atoms with Crippen molar-refractivity contribution < 1.29 is 0 Å². The van der Waals surface area contributed by atoms with Crippen LogP contribution in [0.1, 0.15) is 153 Å². The predicted octanol–water partition coefficient (Wildman–Crippen LogP) is 9.74. The van der Waals surface area contributed by atoms with E-state index in [1.165, 1.54) is 70.2 Å². The second-order valence-electron chi connectivity index (χ2n) is 14.7. The minimum absolute atomic E-state index is 0.186. The van der Waals surface area contributed by atoms with Crippen LogP contribution in [-0.4, -0.2) is 11.4 Å². The molecule has 2 aromatic rings. The zero-order chi connectivity index (χ0) is 28.3. The van der Waals surface area contributed by atoms with E-state index in [1.807, 2.05) is 0 Å². The normalized spacial score (nSPS) is 21.6. The Kier molecular flexibility index (Phi) is 7.39. The van der Waals surface area contributed by atoms with Gasteiger partial charge in [0.1, 0.15) is 0 Å². The Morgan fingerprint density at radius 1 is 0.526 bits per heavy atom. The fourth-order valence-electron chi connectivity index (χ4n) is 6.83. The van der Waals surface area contributed by atoms with E-state index >= 15 is 0 Å². The topological polar surface area (TPSA) is 24.7 Å². The molecule has 4 rings (SSSR count). The Labute approximate surface area is 233 Å². The highest BCUT2D eigenvalue weighted by Crippen LogP contribution is 2.48. The fourth-order valence-corrected chi connectivity index (χ4v) is 6.83. The molecule has 38 heavy (non-hydrogen) atoms. The molecule has 0 amide bonds. The molecule has 2 heteroatoms. The zero-order valence-electron chi connectivity index (χ0n) is 26.4. The number of rotatable bonds is 5. The fraction of sp³-hybridized carbons (Fsp3) is 0.611. The Morgan fingerprint density at radius 2 is 0.789 bits per heavy atom. The lowest BCUT2D eigenvalue weighted by molar-refractivity contribution is 0.331. The molecule has 0 aromatic heterocycles. The summed E-state index contributed by atoms with van der Waals surface area (Å²) in [4.78, 5) is 0. The average molecular weight is 513 g/mol. The summed E-state index contributed by atoms with van der Waals surface area (Å²) < 4.78 is 0. The number of hydrogen-bond acceptors (Lipinski definition) is 2. The van der Waals surface area contributed by atoms with Crippen LogP contribution in [0.25, 0.3) is 0 Å². The molecule has 206 valence electrons. The lowest BCUT2D eigenvalue weighted by Crippen LogP contribution is -2.34. The standard InChI is InChI=1S/C36H52N2/c1-13-25-19-29-31(35(9,10)17-15-33(29,5)6)21-27(25)23(3)37-38-24(4)28-22-32-30(20-26(28)14-2)34(7,8)16-18-36(32,11)12/h19-22H,13-18H2,1-12H3/b37-23+,38-24+. The van der Waals surface area contributed by atoms with Crippen LogP contribution in [0.5, 0.6) is 0 Å². The SMILES string of the molecule is CCc1cc2c(cc1/C(C)=N/N=C(\C)c1cc3c(cc1CC)C(C)(C)CCC3(C)C)C(C)(C)CCC2(C)C. The van der Waals surface area contributed by atoms with Gasteiger partial charge >= 0.3 is 0 Å². The summed E-state index contributed by atoms with van der Waals surface area (Å²) in [5.41, 5.74) is 14.2. The highest BCUT2D eigenvalue weighted by molar-refractivity contribution is 6.03. The lowest BCUT2D eigenvalue weighted by atomic mass is 9.62. The third-order valence-electron chi connectivity index (χ3n) is 10.0. The third kappa shape index (κ3) is 5.05. The first-order valence-electron chi connectivity index (χ1n) is 15.0. The molecule has 0 unspecified atom stereocenters. The van der Waals surface area contributed by atoms with Crippen molar-refractivity contribution in [2.45, 2.75) is 143 Å². The molecular formula is C36H52N2. The smallest absolute Gasteiger partial charge is 0.0674 e. The summed E-state index contributed by atoms with van der Waals surface area (Å²) >= 11 is 0. The van der Waals surface area contributed by atoms with Crippen molar-refractivity contribution in [1.82, 2.24) is 0 Å². The molecule has 0 saturated carbocycles. The zero-order valence-corrected chi connectivity index (χ0v) is 26.4. The third-order valence-corrected chi connectivity index (χ3v) is 10.0. The first-order valence-corrected chi connectivity index (χ1v) is 15.0. The Morgan fingerprint density at radius 3 is 1.05 bits per heavy atom. The Bertz CT molecular complexity index is 1200. The summed E-state index contributed by atoms with van der Waals surface area (Å²) in [5, 5.41) is 9.74. The van der Waals surface area contributed by atoms with Gasteiger partial charge < -0.3 is 0 Å². The van der Waals surface area contributed by atoms with E-state index in [2.05, 4.69) is 107 Å². The monoisotopic (exact) mass is 512 g/mol. The highest BCUT2D eigenvalue weighted by atomic mass is 15.2. The largest absolute Gasteiger partial charge is 0.155 e. The van der Waals surface area contributed by atoms with Gasteiger partial charge in [-0.3, -0.25) is 0 Å². The molecule has 0 N–H and O–H groups in total. The van der Waals surface area contributed by atoms with E-state index in [0.717, 1.165) is 24.3 Å². The van der Waals surface area contributed by atoms with Crippen molar-refractivity contribution in [3.8, 4) is 0 Å². The lowest BCUT2D eigenvalue weighted by Gasteiger charge is -2.42. The van der Waals surface area contributed by atoms with E-state index in [9.17, 15) is 0 Å². The van der Waals surface area contributed by atoms with Crippen LogP contribution in [0, 0.1) is 0 Å². The second-order valence-corrected chi connectivity index (χ2v) is 14.7. The Hall–Kier alpha value is -2.22. The first kappa shape index (κ1) is 28.8. The van der Waals surface area contributed by atoms with E-state index in [1.54, 1.807) is 0 Å². The molecule has 2 aliphatic carbocycles. The molecule has 2 aromatic carbocycles. The van der Waals surface area contributed by atoms with E-state index in [4.69, 9.17) is 10.2 Å². The summed E-state index contributed by atoms with van der Waals surface area (Å²) in [5.74, 6) is 0. The van der Waals surface area contributed by atoms with Crippen LogP contribution in [0.15, 0.2) is 34.5 Å².